The number of nitro benzene ring substituents is 1. The highest BCUT2D eigenvalue weighted by Crippen LogP contribution is 2.34. The number of methoxy groups -OCH3 is 1. The van der Waals surface area contributed by atoms with Gasteiger partial charge in [-0.25, -0.2) is 0 Å². The molecule has 1 N–H and O–H groups in total. The van der Waals surface area contributed by atoms with Gasteiger partial charge in [0.1, 0.15) is 10.6 Å². The molecule has 0 aromatic heterocycles. The summed E-state index contributed by atoms with van der Waals surface area (Å²) >= 11 is 6.88. The molecule has 0 unspecified atom stereocenters. The maximum absolute atomic E-state index is 12.4. The largest absolute Gasteiger partial charge is 0.494 e. The fourth-order valence-electron chi connectivity index (χ4n) is 2.04. The molecule has 0 aliphatic heterocycles. The minimum absolute atomic E-state index is 0.108. The van der Waals surface area contributed by atoms with Crippen LogP contribution in [0.2, 0.25) is 0 Å². The maximum Gasteiger partial charge on any atom is 0.273 e. The molecule has 2 rings (SSSR count). The number of rotatable bonds is 6. The van der Waals surface area contributed by atoms with Crippen LogP contribution in [0.1, 0.15) is 10.4 Å². The van der Waals surface area contributed by atoms with Crippen molar-refractivity contribution in [3.8, 4) is 5.75 Å². The van der Waals surface area contributed by atoms with Crippen molar-refractivity contribution in [2.45, 2.75) is 9.65 Å². The molecule has 0 saturated heterocycles. The van der Waals surface area contributed by atoms with E-state index in [1.54, 1.807) is 0 Å². The molecule has 126 valence electrons. The zero-order valence-electron chi connectivity index (χ0n) is 12.6. The van der Waals surface area contributed by atoms with Crippen LogP contribution in [0, 0.1) is 10.1 Å². The lowest BCUT2D eigenvalue weighted by atomic mass is 10.1. The highest BCUT2D eigenvalue weighted by Gasteiger charge is 2.26. The Morgan fingerprint density at radius 3 is 2.46 bits per heavy atom. The van der Waals surface area contributed by atoms with E-state index in [9.17, 15) is 14.9 Å². The smallest absolute Gasteiger partial charge is 0.273 e. The molecular weight excluding hydrogens is 444 g/mol. The minimum Gasteiger partial charge on any atom is -0.494 e. The number of hydrogen-bond acceptors (Lipinski definition) is 4. The molecule has 0 aliphatic carbocycles. The molecule has 0 fully saturated rings. The molecule has 2 atom stereocenters. The Kier molecular flexibility index (Phi) is 6.33. The molecule has 0 radical (unpaired) electrons. The molecule has 2 aromatic carbocycles. The summed E-state index contributed by atoms with van der Waals surface area (Å²) in [4.78, 5) is 21.9. The Morgan fingerprint density at radius 2 is 1.88 bits per heavy atom. The Bertz CT molecular complexity index is 740. The van der Waals surface area contributed by atoms with Crippen LogP contribution in [0.5, 0.6) is 5.75 Å². The molecule has 0 spiro atoms. The van der Waals surface area contributed by atoms with Crippen molar-refractivity contribution >= 4 is 49.1 Å². The molecule has 8 heteroatoms. The summed E-state index contributed by atoms with van der Waals surface area (Å²) in [5.74, 6) is -0.0732. The number of benzene rings is 2. The van der Waals surface area contributed by atoms with Gasteiger partial charge in [0.25, 0.3) is 5.69 Å². The number of ether oxygens (including phenoxy) is 1. The van der Waals surface area contributed by atoms with Gasteiger partial charge >= 0.3 is 0 Å². The quantitative estimate of drug-likeness (QED) is 0.395. The first kappa shape index (κ1) is 18.4. The number of amides is 1. The van der Waals surface area contributed by atoms with Gasteiger partial charge in [-0.2, -0.15) is 0 Å². The van der Waals surface area contributed by atoms with E-state index in [2.05, 4.69) is 37.2 Å². The first-order valence-corrected chi connectivity index (χ1v) is 8.73. The highest BCUT2D eigenvalue weighted by atomic mass is 79.9. The van der Waals surface area contributed by atoms with Crippen molar-refractivity contribution in [3.63, 3.8) is 0 Å². The first-order chi connectivity index (χ1) is 11.4. The van der Waals surface area contributed by atoms with Crippen LogP contribution in [0.3, 0.4) is 0 Å². The van der Waals surface area contributed by atoms with E-state index in [1.165, 1.54) is 25.3 Å². The summed E-state index contributed by atoms with van der Waals surface area (Å²) in [5, 5.41) is 13.5. The lowest BCUT2D eigenvalue weighted by molar-refractivity contribution is -0.384. The average molecular weight is 458 g/mol. The Labute approximate surface area is 155 Å². The number of nitro groups is 1. The van der Waals surface area contributed by atoms with Crippen molar-refractivity contribution in [3.05, 3.63) is 64.2 Å². The van der Waals surface area contributed by atoms with Crippen LogP contribution >= 0.6 is 31.9 Å². The second-order valence-electron chi connectivity index (χ2n) is 4.85. The van der Waals surface area contributed by atoms with Gasteiger partial charge in [-0.3, -0.25) is 14.9 Å². The zero-order valence-corrected chi connectivity index (χ0v) is 15.8. The fraction of sp³-hybridized carbons (Fsp3) is 0.188. The molecular formula is C16H14Br2N2O4. The monoisotopic (exact) mass is 456 g/mol. The maximum atomic E-state index is 12.4. The number of alkyl halides is 2. The zero-order chi connectivity index (χ0) is 17.7. The first-order valence-electron chi connectivity index (χ1n) is 6.90. The van der Waals surface area contributed by atoms with Gasteiger partial charge in [0, 0.05) is 6.07 Å². The van der Waals surface area contributed by atoms with Crippen molar-refractivity contribution in [2.24, 2.45) is 0 Å². The molecule has 0 bridgehead atoms. The van der Waals surface area contributed by atoms with E-state index in [0.717, 1.165) is 5.56 Å². The van der Waals surface area contributed by atoms with E-state index in [1.807, 2.05) is 30.3 Å². The SMILES string of the molecule is COc1cc([N+](=O)[O-])ccc1NC(=O)[C@@H](Br)[C@H](Br)c1ccccc1. The number of non-ortho nitro benzene ring substituents is 1. The average Bonchev–Trinajstić information content (AvgIpc) is 2.61. The number of carbonyl (C=O) groups is 1. The van der Waals surface area contributed by atoms with Crippen LogP contribution in [0.15, 0.2) is 48.5 Å². The van der Waals surface area contributed by atoms with Gasteiger partial charge < -0.3 is 10.1 Å². The van der Waals surface area contributed by atoms with E-state index in [0.29, 0.717) is 5.69 Å². The molecule has 0 saturated carbocycles. The Balaban J connectivity index is 2.15. The van der Waals surface area contributed by atoms with Crippen LogP contribution in [-0.4, -0.2) is 22.8 Å². The van der Waals surface area contributed by atoms with Gasteiger partial charge in [0.05, 0.1) is 28.6 Å². The number of carbonyl (C=O) groups excluding carboxylic acids is 1. The fourth-order valence-corrected chi connectivity index (χ4v) is 3.00. The van der Waals surface area contributed by atoms with Crippen LogP contribution in [-0.2, 0) is 4.79 Å². The molecule has 0 aliphatic rings. The van der Waals surface area contributed by atoms with Gasteiger partial charge in [0.2, 0.25) is 5.91 Å². The molecule has 6 nitrogen and oxygen atoms in total. The van der Waals surface area contributed by atoms with Crippen LogP contribution in [0.4, 0.5) is 11.4 Å². The van der Waals surface area contributed by atoms with E-state index < -0.39 is 9.75 Å². The third kappa shape index (κ3) is 4.33. The summed E-state index contributed by atoms with van der Waals surface area (Å²) < 4.78 is 5.12. The van der Waals surface area contributed by atoms with Crippen molar-refractivity contribution in [1.82, 2.24) is 0 Å². The van der Waals surface area contributed by atoms with E-state index >= 15 is 0 Å². The lowest BCUT2D eigenvalue weighted by Gasteiger charge is -2.18. The van der Waals surface area contributed by atoms with E-state index in [4.69, 9.17) is 4.74 Å². The van der Waals surface area contributed by atoms with Gasteiger partial charge in [-0.05, 0) is 11.6 Å². The van der Waals surface area contributed by atoms with Crippen molar-refractivity contribution < 1.29 is 14.5 Å². The van der Waals surface area contributed by atoms with Gasteiger partial charge in [0.15, 0.2) is 0 Å². The van der Waals surface area contributed by atoms with Crippen LogP contribution < -0.4 is 10.1 Å². The summed E-state index contributed by atoms with van der Waals surface area (Å²) in [5.41, 5.74) is 1.21. The topological polar surface area (TPSA) is 81.5 Å². The lowest BCUT2D eigenvalue weighted by Crippen LogP contribution is -2.26. The highest BCUT2D eigenvalue weighted by molar-refractivity contribution is 9.12. The molecule has 1 amide bonds. The summed E-state index contributed by atoms with van der Waals surface area (Å²) in [6, 6.07) is 13.5. The third-order valence-electron chi connectivity index (χ3n) is 3.28. The Morgan fingerprint density at radius 1 is 1.21 bits per heavy atom. The number of hydrogen-bond donors (Lipinski definition) is 1. The third-order valence-corrected chi connectivity index (χ3v) is 5.99. The Hall–Kier alpha value is -1.93. The molecule has 0 heterocycles. The van der Waals surface area contributed by atoms with Crippen molar-refractivity contribution in [1.29, 1.82) is 0 Å². The number of halogens is 2. The number of nitrogens with one attached hydrogen (secondary N) is 1. The number of nitrogens with zero attached hydrogens (tertiary/aromatic N) is 1. The predicted molar refractivity (Wildman–Crippen MR) is 99.1 cm³/mol. The number of anilines is 1. The summed E-state index contributed by atoms with van der Waals surface area (Å²) in [6.07, 6.45) is 0. The normalized spacial score (nSPS) is 13.0. The van der Waals surface area contributed by atoms with Gasteiger partial charge in [-0.1, -0.05) is 62.2 Å². The second-order valence-corrected chi connectivity index (χ2v) is 6.82. The summed E-state index contributed by atoms with van der Waals surface area (Å²) in [7, 11) is 1.39. The summed E-state index contributed by atoms with van der Waals surface area (Å²) in [6.45, 7) is 0. The van der Waals surface area contributed by atoms with Crippen LogP contribution in [0.25, 0.3) is 0 Å². The standard InChI is InChI=1S/C16H14Br2N2O4/c1-24-13-9-11(20(22)23)7-8-12(13)19-16(21)15(18)14(17)10-5-3-2-4-6-10/h2-9,14-15H,1H3,(H,19,21)/t14-,15+/m1/s1. The second kappa shape index (κ2) is 8.25. The van der Waals surface area contributed by atoms with Crippen molar-refractivity contribution in [2.75, 3.05) is 12.4 Å². The predicted octanol–water partition coefficient (Wildman–Crippen LogP) is 4.44. The minimum atomic E-state index is -0.542. The molecule has 24 heavy (non-hydrogen) atoms. The molecule has 2 aromatic rings. The van der Waals surface area contributed by atoms with E-state index in [-0.39, 0.29) is 22.2 Å². The van der Waals surface area contributed by atoms with Gasteiger partial charge in [-0.15, -0.1) is 0 Å².